The molecule has 0 aliphatic heterocycles. The van der Waals surface area contributed by atoms with Gasteiger partial charge in [-0.2, -0.15) is 0 Å². The largest absolute Gasteiger partial charge is 0.462 e. The number of esters is 2. The average Bonchev–Trinajstić information content (AvgIpc) is 2.59. The Kier molecular flexibility index (Phi) is 14.0. The number of unbranched alkanes of at least 4 members (excludes halogenated alkanes) is 4. The number of carbonyl (C=O) groups is 2. The molecule has 0 heterocycles. The molecule has 0 aliphatic rings. The molecular weight excluding hydrogens is 364 g/mol. The van der Waals surface area contributed by atoms with Gasteiger partial charge in [-0.25, -0.2) is 9.59 Å². The van der Waals surface area contributed by atoms with E-state index in [2.05, 4.69) is 27.7 Å². The van der Waals surface area contributed by atoms with Gasteiger partial charge in [0.25, 0.3) is 0 Å². The van der Waals surface area contributed by atoms with E-state index in [1.54, 1.807) is 6.92 Å². The zero-order valence-electron chi connectivity index (χ0n) is 20.4. The van der Waals surface area contributed by atoms with Crippen LogP contribution in [0, 0.1) is 17.3 Å². The van der Waals surface area contributed by atoms with E-state index in [1.807, 2.05) is 20.8 Å². The van der Waals surface area contributed by atoms with Crippen LogP contribution in [-0.2, 0) is 19.1 Å². The highest BCUT2D eigenvalue weighted by Crippen LogP contribution is 2.30. The van der Waals surface area contributed by atoms with Crippen LogP contribution in [0.2, 0.25) is 0 Å². The van der Waals surface area contributed by atoms with Crippen LogP contribution < -0.4 is 0 Å². The smallest absolute Gasteiger partial charge is 0.335 e. The Labute approximate surface area is 179 Å². The van der Waals surface area contributed by atoms with Crippen molar-refractivity contribution in [2.45, 2.75) is 107 Å². The second kappa shape index (κ2) is 14.6. The third kappa shape index (κ3) is 13.5. The first-order chi connectivity index (χ1) is 13.5. The molecule has 0 atom stereocenters. The van der Waals surface area contributed by atoms with Gasteiger partial charge >= 0.3 is 11.9 Å². The molecule has 0 fully saturated rings. The van der Waals surface area contributed by atoms with E-state index < -0.39 is 17.4 Å². The van der Waals surface area contributed by atoms with Gasteiger partial charge in [0.1, 0.15) is 0 Å². The van der Waals surface area contributed by atoms with Gasteiger partial charge in [0.15, 0.2) is 0 Å². The molecule has 0 amide bonds. The van der Waals surface area contributed by atoms with E-state index in [-0.39, 0.29) is 0 Å². The number of rotatable bonds is 14. The Morgan fingerprint density at radius 1 is 0.690 bits per heavy atom. The molecule has 0 N–H and O–H groups in total. The molecular formula is C25H46O4. The van der Waals surface area contributed by atoms with Crippen molar-refractivity contribution in [1.82, 2.24) is 0 Å². The van der Waals surface area contributed by atoms with Gasteiger partial charge in [-0.3, -0.25) is 0 Å². The molecule has 0 aliphatic carbocycles. The van der Waals surface area contributed by atoms with Crippen LogP contribution in [0.4, 0.5) is 0 Å². The third-order valence-electron chi connectivity index (χ3n) is 4.95. The lowest BCUT2D eigenvalue weighted by Gasteiger charge is -2.23. The minimum Gasteiger partial charge on any atom is -0.462 e. The molecule has 0 saturated heterocycles. The summed E-state index contributed by atoms with van der Waals surface area (Å²) in [6.45, 7) is 17.1. The van der Waals surface area contributed by atoms with Crippen LogP contribution in [0.15, 0.2) is 11.1 Å². The fraction of sp³-hybridized carbons (Fsp3) is 0.840. The van der Waals surface area contributed by atoms with Gasteiger partial charge in [0.2, 0.25) is 0 Å². The minimum absolute atomic E-state index is 0.365. The highest BCUT2D eigenvalue weighted by molar-refractivity contribution is 6.00. The standard InChI is InChI=1S/C25H46O4/c1-19(2)15-11-9-13-17-28-23(26)21(5)22(25(6,7)8)24(27)29-18-14-10-12-16-20(3)4/h19-20H,9-18H2,1-8H3/b22-21+. The predicted octanol–water partition coefficient (Wildman–Crippen LogP) is 6.87. The van der Waals surface area contributed by atoms with Gasteiger partial charge < -0.3 is 9.47 Å². The molecule has 29 heavy (non-hydrogen) atoms. The number of hydrogen-bond donors (Lipinski definition) is 0. The quantitative estimate of drug-likeness (QED) is 0.178. The van der Waals surface area contributed by atoms with Crippen molar-refractivity contribution < 1.29 is 19.1 Å². The molecule has 4 nitrogen and oxygen atoms in total. The summed E-state index contributed by atoms with van der Waals surface area (Å²) in [6.07, 6.45) is 8.53. The molecule has 0 spiro atoms. The van der Waals surface area contributed by atoms with Crippen molar-refractivity contribution in [3.05, 3.63) is 11.1 Å². The highest BCUT2D eigenvalue weighted by atomic mass is 16.5. The third-order valence-corrected chi connectivity index (χ3v) is 4.95. The van der Waals surface area contributed by atoms with Crippen molar-refractivity contribution in [3.63, 3.8) is 0 Å². The summed E-state index contributed by atoms with van der Waals surface area (Å²) >= 11 is 0. The van der Waals surface area contributed by atoms with Crippen molar-refractivity contribution in [1.29, 1.82) is 0 Å². The van der Waals surface area contributed by atoms with Crippen LogP contribution in [0.25, 0.3) is 0 Å². The maximum atomic E-state index is 12.7. The van der Waals surface area contributed by atoms with Crippen LogP contribution in [-0.4, -0.2) is 25.2 Å². The van der Waals surface area contributed by atoms with E-state index in [1.165, 1.54) is 12.8 Å². The van der Waals surface area contributed by atoms with Gasteiger partial charge in [0, 0.05) is 5.57 Å². The summed E-state index contributed by atoms with van der Waals surface area (Å²) in [6, 6.07) is 0. The first-order valence-electron chi connectivity index (χ1n) is 11.5. The summed E-state index contributed by atoms with van der Waals surface area (Å²) in [5, 5.41) is 0. The molecule has 4 heteroatoms. The van der Waals surface area contributed by atoms with Crippen LogP contribution in [0.1, 0.15) is 107 Å². The molecule has 0 aromatic heterocycles. The number of ether oxygens (including phenoxy) is 2. The summed E-state index contributed by atoms with van der Waals surface area (Å²) in [5.41, 5.74) is 0.309. The Bertz CT molecular complexity index is 509. The van der Waals surface area contributed by atoms with Crippen LogP contribution in [0.5, 0.6) is 0 Å². The zero-order valence-corrected chi connectivity index (χ0v) is 20.4. The second-order valence-corrected chi connectivity index (χ2v) is 10.0. The summed E-state index contributed by atoms with van der Waals surface area (Å²) in [4.78, 5) is 25.1. The molecule has 0 rings (SSSR count). The van der Waals surface area contributed by atoms with Gasteiger partial charge in [-0.05, 0) is 37.0 Å². The lowest BCUT2D eigenvalue weighted by atomic mass is 9.83. The lowest BCUT2D eigenvalue weighted by Crippen LogP contribution is -2.25. The summed E-state index contributed by atoms with van der Waals surface area (Å²) in [5.74, 6) is 0.607. The SMILES string of the molecule is C/C(C(=O)OCCCCCC(C)C)=C(/C(=O)OCCCCCC(C)C)C(C)(C)C. The molecule has 0 aromatic rings. The van der Waals surface area contributed by atoms with Crippen molar-refractivity contribution in [2.24, 2.45) is 17.3 Å². The highest BCUT2D eigenvalue weighted by Gasteiger charge is 2.30. The van der Waals surface area contributed by atoms with Gasteiger partial charge in [-0.15, -0.1) is 0 Å². The van der Waals surface area contributed by atoms with Crippen LogP contribution >= 0.6 is 0 Å². The van der Waals surface area contributed by atoms with E-state index >= 15 is 0 Å². The Balaban J connectivity index is 4.61. The predicted molar refractivity (Wildman–Crippen MR) is 121 cm³/mol. The first-order valence-corrected chi connectivity index (χ1v) is 11.5. The molecule has 0 saturated carbocycles. The maximum Gasteiger partial charge on any atom is 0.335 e. The second-order valence-electron chi connectivity index (χ2n) is 10.0. The van der Waals surface area contributed by atoms with Gasteiger partial charge in [0.05, 0.1) is 18.8 Å². The lowest BCUT2D eigenvalue weighted by molar-refractivity contribution is -0.143. The topological polar surface area (TPSA) is 52.6 Å². The zero-order chi connectivity index (χ0) is 22.4. The Morgan fingerprint density at radius 3 is 1.48 bits per heavy atom. The van der Waals surface area contributed by atoms with Crippen molar-refractivity contribution in [2.75, 3.05) is 13.2 Å². The van der Waals surface area contributed by atoms with E-state index in [9.17, 15) is 9.59 Å². The van der Waals surface area contributed by atoms with E-state index in [0.717, 1.165) is 38.5 Å². The van der Waals surface area contributed by atoms with Gasteiger partial charge in [-0.1, -0.05) is 87.0 Å². The molecule has 0 aromatic carbocycles. The van der Waals surface area contributed by atoms with Crippen LogP contribution in [0.3, 0.4) is 0 Å². The number of hydrogen-bond acceptors (Lipinski definition) is 4. The minimum atomic E-state index is -0.477. The monoisotopic (exact) mass is 410 g/mol. The summed E-state index contributed by atoms with van der Waals surface area (Å²) in [7, 11) is 0. The van der Waals surface area contributed by atoms with Crippen molar-refractivity contribution >= 4 is 11.9 Å². The fourth-order valence-corrected chi connectivity index (χ4v) is 3.30. The first kappa shape index (κ1) is 27.7. The molecule has 0 bridgehead atoms. The van der Waals surface area contributed by atoms with E-state index in [0.29, 0.717) is 36.2 Å². The Morgan fingerprint density at radius 2 is 1.10 bits per heavy atom. The summed E-state index contributed by atoms with van der Waals surface area (Å²) < 4.78 is 10.9. The number of carbonyl (C=O) groups excluding carboxylic acids is 2. The molecule has 0 unspecified atom stereocenters. The normalized spacial score (nSPS) is 12.9. The van der Waals surface area contributed by atoms with Crippen molar-refractivity contribution in [3.8, 4) is 0 Å². The fourth-order valence-electron chi connectivity index (χ4n) is 3.30. The maximum absolute atomic E-state index is 12.7. The molecule has 0 radical (unpaired) electrons. The Hall–Kier alpha value is -1.32. The molecule has 170 valence electrons. The average molecular weight is 411 g/mol. The van der Waals surface area contributed by atoms with E-state index in [4.69, 9.17) is 9.47 Å².